The van der Waals surface area contributed by atoms with Crippen LogP contribution in [0.15, 0.2) is 84.9 Å². The number of carbonyl (C=O) groups excluding carboxylic acids is 3. The fourth-order valence-corrected chi connectivity index (χ4v) is 8.32. The van der Waals surface area contributed by atoms with Crippen LogP contribution in [0.1, 0.15) is 59.4 Å². The predicted octanol–water partition coefficient (Wildman–Crippen LogP) is 6.64. The molecular formula is C51H60F3N8O6Si. The number of nitrogens with one attached hydrogen (secondary N) is 5. The highest BCUT2D eigenvalue weighted by molar-refractivity contribution is 6.57. The number of alkyl halides is 3. The summed E-state index contributed by atoms with van der Waals surface area (Å²) < 4.78 is 54.2. The SMILES string of the molecule is COc1cc(C(=O)NCC(=O)NCc2ccc(COc3ccc(CC(O)NC(=O)[Si])c(N(C)CC(C)C)c3)cc2)ccc1NCC#Cc1cc2c(NC3CCN(C)CC3)cccc2n1CC(F)(F)F. The van der Waals surface area contributed by atoms with Gasteiger partial charge >= 0.3 is 6.18 Å². The van der Waals surface area contributed by atoms with E-state index in [0.29, 0.717) is 40.6 Å². The standard InChI is InChI=1S/C51H60F3N8O6Si/c1-33(2)30-61(4)45-27-40(17-15-36(45)25-47(63)59-50(66)69)68-31-35-13-11-34(12-14-35)28-56-48(64)29-57-49(65)37-16-18-43(46(24-37)67-5)55-21-7-8-39-26-41-42(58-38-19-22-60(3)23-20-38)9-6-10-44(41)62(39)32-51(52,53)54/h6,9-18,24,26-27,33,38,47,55,58,63H,19-23,25,28-32H2,1-5H3,(H,56,64)(H,57,65)(H,59,66). The fourth-order valence-electron chi connectivity index (χ4n) is 8.15. The molecule has 0 saturated carbocycles. The molecule has 3 radical (unpaired) electrons. The highest BCUT2D eigenvalue weighted by Gasteiger charge is 2.30. The van der Waals surface area contributed by atoms with Gasteiger partial charge in [0.2, 0.25) is 5.91 Å². The van der Waals surface area contributed by atoms with Crippen LogP contribution in [-0.4, -0.2) is 115 Å². The van der Waals surface area contributed by atoms with E-state index in [1.165, 1.54) is 17.7 Å². The number of methoxy groups -OCH3 is 1. The normalized spacial score (nSPS) is 13.6. The van der Waals surface area contributed by atoms with Crippen LogP contribution in [-0.2, 0) is 30.9 Å². The number of likely N-dealkylation sites (tertiary alicyclic amines) is 1. The number of carbonyl (C=O) groups is 3. The van der Waals surface area contributed by atoms with Crippen LogP contribution in [0.4, 0.5) is 35.0 Å². The maximum Gasteiger partial charge on any atom is 0.406 e. The fraction of sp³-hybridized carbons (Fsp3) is 0.392. The van der Waals surface area contributed by atoms with Gasteiger partial charge < -0.3 is 55.5 Å². The van der Waals surface area contributed by atoms with Crippen molar-refractivity contribution in [1.29, 1.82) is 0 Å². The first-order chi connectivity index (χ1) is 32.9. The zero-order valence-corrected chi connectivity index (χ0v) is 40.6. The van der Waals surface area contributed by atoms with E-state index in [9.17, 15) is 32.7 Å². The predicted molar refractivity (Wildman–Crippen MR) is 264 cm³/mol. The molecule has 1 fully saturated rings. The van der Waals surface area contributed by atoms with E-state index in [0.717, 1.165) is 60.5 Å². The molecule has 5 aromatic rings. The van der Waals surface area contributed by atoms with Crippen LogP contribution >= 0.6 is 0 Å². The quantitative estimate of drug-likeness (QED) is 0.0284. The molecule has 0 bridgehead atoms. The van der Waals surface area contributed by atoms with Gasteiger partial charge in [0.25, 0.3) is 5.91 Å². The summed E-state index contributed by atoms with van der Waals surface area (Å²) in [5, 5.41) is 25.6. The summed E-state index contributed by atoms with van der Waals surface area (Å²) in [6.45, 7) is 6.07. The third kappa shape index (κ3) is 15.4. The largest absolute Gasteiger partial charge is 0.495 e. The molecule has 1 aliphatic rings. The van der Waals surface area contributed by atoms with Crippen molar-refractivity contribution in [2.45, 2.75) is 71.3 Å². The van der Waals surface area contributed by atoms with Crippen LogP contribution in [0.5, 0.6) is 11.5 Å². The van der Waals surface area contributed by atoms with Crippen LogP contribution < -0.4 is 41.0 Å². The van der Waals surface area contributed by atoms with E-state index >= 15 is 0 Å². The highest BCUT2D eigenvalue weighted by atomic mass is 28.1. The van der Waals surface area contributed by atoms with Crippen molar-refractivity contribution in [3.05, 3.63) is 113 Å². The molecule has 3 amide bonds. The average molecular weight is 966 g/mol. The first-order valence-electron chi connectivity index (χ1n) is 22.8. The lowest BCUT2D eigenvalue weighted by atomic mass is 10.0. The zero-order chi connectivity index (χ0) is 49.7. The molecule has 18 heteroatoms. The Labute approximate surface area is 404 Å². The number of fused-ring (bicyclic) bond motifs is 1. The monoisotopic (exact) mass is 965 g/mol. The second kappa shape index (κ2) is 24.0. The smallest absolute Gasteiger partial charge is 0.406 e. The van der Waals surface area contributed by atoms with Gasteiger partial charge in [0, 0.05) is 61.0 Å². The number of hydrogen-bond acceptors (Lipinski definition) is 10. The number of benzene rings is 4. The number of aromatic nitrogens is 1. The van der Waals surface area contributed by atoms with Crippen molar-refractivity contribution in [3.63, 3.8) is 0 Å². The van der Waals surface area contributed by atoms with Gasteiger partial charge in [-0.05, 0) is 104 Å². The van der Waals surface area contributed by atoms with Crippen LogP contribution in [0.2, 0.25) is 0 Å². The number of halogens is 3. The molecule has 69 heavy (non-hydrogen) atoms. The van der Waals surface area contributed by atoms with Crippen LogP contribution in [0.25, 0.3) is 10.9 Å². The van der Waals surface area contributed by atoms with E-state index in [1.54, 1.807) is 30.3 Å². The lowest BCUT2D eigenvalue weighted by Crippen LogP contribution is -2.36. The highest BCUT2D eigenvalue weighted by Crippen LogP contribution is 2.32. The summed E-state index contributed by atoms with van der Waals surface area (Å²) in [4.78, 5) is 41.5. The number of anilines is 3. The Hall–Kier alpha value is -6.68. The summed E-state index contributed by atoms with van der Waals surface area (Å²) in [7, 11) is 8.34. The summed E-state index contributed by atoms with van der Waals surface area (Å²) in [6.07, 6.45) is -3.41. The molecule has 4 aromatic carbocycles. The Kier molecular flexibility index (Phi) is 18.0. The van der Waals surface area contributed by atoms with Crippen molar-refractivity contribution in [3.8, 4) is 23.3 Å². The van der Waals surface area contributed by atoms with E-state index in [2.05, 4.69) is 79.4 Å². The van der Waals surface area contributed by atoms with Gasteiger partial charge in [-0.3, -0.25) is 14.4 Å². The van der Waals surface area contributed by atoms with Gasteiger partial charge in [0.05, 0.1) is 37.1 Å². The van der Waals surface area contributed by atoms with Gasteiger partial charge in [-0.15, -0.1) is 0 Å². The minimum Gasteiger partial charge on any atom is -0.495 e. The molecule has 6 rings (SSSR count). The lowest BCUT2D eigenvalue weighted by Gasteiger charge is -2.30. The summed E-state index contributed by atoms with van der Waals surface area (Å²) in [6, 6.07) is 25.2. The molecule has 1 aliphatic heterocycles. The van der Waals surface area contributed by atoms with Crippen molar-refractivity contribution >= 4 is 55.6 Å². The van der Waals surface area contributed by atoms with E-state index in [4.69, 9.17) is 9.47 Å². The first kappa shape index (κ1) is 51.7. The number of piperidine rings is 1. The van der Waals surface area contributed by atoms with Crippen LogP contribution in [0.3, 0.4) is 0 Å². The van der Waals surface area contributed by atoms with Gasteiger partial charge in [-0.25, -0.2) is 0 Å². The minimum absolute atomic E-state index is 0.0778. The third-order valence-corrected chi connectivity index (χ3v) is 11.7. The second-order valence-electron chi connectivity index (χ2n) is 17.6. The number of amides is 3. The molecule has 1 aromatic heterocycles. The van der Waals surface area contributed by atoms with E-state index < -0.39 is 30.4 Å². The Balaban J connectivity index is 0.981. The Morgan fingerprint density at radius 3 is 2.39 bits per heavy atom. The maximum atomic E-state index is 13.8. The second-order valence-corrected chi connectivity index (χ2v) is 18.0. The minimum atomic E-state index is -4.45. The number of aliphatic hydroxyl groups excluding tert-OH is 1. The summed E-state index contributed by atoms with van der Waals surface area (Å²) in [5.74, 6) is 6.37. The topological polar surface area (TPSA) is 161 Å². The first-order valence-corrected chi connectivity index (χ1v) is 23.3. The van der Waals surface area contributed by atoms with Gasteiger partial charge in [0.1, 0.15) is 30.9 Å². The molecule has 1 saturated heterocycles. The van der Waals surface area contributed by atoms with Gasteiger partial charge in [0.15, 0.2) is 15.8 Å². The zero-order valence-electron chi connectivity index (χ0n) is 39.6. The molecule has 6 N–H and O–H groups in total. The third-order valence-electron chi connectivity index (χ3n) is 11.6. The number of hydrogen-bond donors (Lipinski definition) is 6. The number of nitrogens with zero attached hydrogens (tertiary/aromatic N) is 3. The molecule has 14 nitrogen and oxygen atoms in total. The lowest BCUT2D eigenvalue weighted by molar-refractivity contribution is -0.140. The Bertz CT molecular complexity index is 2620. The molecule has 365 valence electrons. The number of ether oxygens (including phenoxy) is 2. The average Bonchev–Trinajstić information content (AvgIpc) is 3.65. The molecule has 0 spiro atoms. The Morgan fingerprint density at radius 1 is 0.957 bits per heavy atom. The van der Waals surface area contributed by atoms with E-state index in [1.807, 2.05) is 55.6 Å². The summed E-state index contributed by atoms with van der Waals surface area (Å²) >= 11 is 0. The van der Waals surface area contributed by atoms with E-state index in [-0.39, 0.29) is 49.3 Å². The number of aliphatic hydroxyl groups is 1. The van der Waals surface area contributed by atoms with Crippen LogP contribution in [0, 0.1) is 17.8 Å². The molecule has 0 aliphatic carbocycles. The Morgan fingerprint density at radius 2 is 1.70 bits per heavy atom. The van der Waals surface area contributed by atoms with Gasteiger partial charge in [-0.1, -0.05) is 56.2 Å². The van der Waals surface area contributed by atoms with Crippen molar-refractivity contribution < 1.29 is 42.1 Å². The molecular weight excluding hydrogens is 906 g/mol. The molecule has 1 unspecified atom stereocenters. The van der Waals surface area contributed by atoms with Gasteiger partial charge in [-0.2, -0.15) is 13.2 Å². The maximum absolute atomic E-state index is 13.8. The number of rotatable bonds is 20. The van der Waals surface area contributed by atoms with Crippen molar-refractivity contribution in [2.75, 3.05) is 69.5 Å². The summed E-state index contributed by atoms with van der Waals surface area (Å²) in [5.41, 5.74) is 5.24. The van der Waals surface area contributed by atoms with Crippen molar-refractivity contribution in [2.24, 2.45) is 5.92 Å². The molecule has 1 atom stereocenters. The van der Waals surface area contributed by atoms with Crippen molar-refractivity contribution in [1.82, 2.24) is 25.4 Å². The molecule has 2 heterocycles.